The molecule has 0 aliphatic carbocycles. The Hall–Kier alpha value is -1.69. The van der Waals surface area contributed by atoms with Crippen LogP contribution < -0.4 is 0 Å². The second-order valence-electron chi connectivity index (χ2n) is 5.27. The van der Waals surface area contributed by atoms with Gasteiger partial charge in [0.05, 0.1) is 16.0 Å². The summed E-state index contributed by atoms with van der Waals surface area (Å²) in [6, 6.07) is 13.9. The van der Waals surface area contributed by atoms with Gasteiger partial charge in [-0.15, -0.1) is 0 Å². The summed E-state index contributed by atoms with van der Waals surface area (Å²) >= 11 is 12.5. The first kappa shape index (κ1) is 17.1. The molecule has 2 aromatic carbocycles. The van der Waals surface area contributed by atoms with Crippen molar-refractivity contribution in [1.82, 2.24) is 4.90 Å². The first-order valence-electron chi connectivity index (χ1n) is 7.25. The van der Waals surface area contributed by atoms with E-state index >= 15 is 0 Å². The summed E-state index contributed by atoms with van der Waals surface area (Å²) in [5, 5.41) is 0.261. The SMILES string of the molecule is CC(c1ccccc1)N1C(=O)/C(=C/c2c(F)cccc2Cl)SC1=S. The first-order chi connectivity index (χ1) is 11.5. The number of carbonyl (C=O) groups excluding carboxylic acids is 1. The van der Waals surface area contributed by atoms with Crippen LogP contribution in [0.1, 0.15) is 24.1 Å². The normalized spacial score (nSPS) is 17.6. The molecule has 1 aliphatic rings. The van der Waals surface area contributed by atoms with Gasteiger partial charge in [-0.05, 0) is 30.7 Å². The van der Waals surface area contributed by atoms with Gasteiger partial charge in [-0.3, -0.25) is 9.69 Å². The molecule has 1 atom stereocenters. The van der Waals surface area contributed by atoms with Crippen molar-refractivity contribution < 1.29 is 9.18 Å². The molecule has 0 aromatic heterocycles. The number of hydrogen-bond donors (Lipinski definition) is 0. The number of halogens is 2. The minimum Gasteiger partial charge on any atom is -0.286 e. The molecular formula is C18H13ClFNOS2. The molecular weight excluding hydrogens is 365 g/mol. The number of thioether (sulfide) groups is 1. The van der Waals surface area contributed by atoms with Gasteiger partial charge in [0.2, 0.25) is 0 Å². The highest BCUT2D eigenvalue weighted by atomic mass is 35.5. The minimum absolute atomic E-state index is 0.194. The van der Waals surface area contributed by atoms with E-state index in [-0.39, 0.29) is 22.5 Å². The zero-order valence-electron chi connectivity index (χ0n) is 12.7. The lowest BCUT2D eigenvalue weighted by Gasteiger charge is -2.23. The molecule has 0 saturated carbocycles. The predicted octanol–water partition coefficient (Wildman–Crippen LogP) is 5.44. The molecule has 1 fully saturated rings. The standard InChI is InChI=1S/C18H13ClFNOS2/c1-11(12-6-3-2-4-7-12)21-17(22)16(24-18(21)23)10-13-14(19)8-5-9-15(13)20/h2-11H,1H3/b16-10-. The summed E-state index contributed by atoms with van der Waals surface area (Å²) in [5.41, 5.74) is 1.19. The molecule has 1 unspecified atom stereocenters. The van der Waals surface area contributed by atoms with Crippen LogP contribution in [0.5, 0.6) is 0 Å². The average Bonchev–Trinajstić information content (AvgIpc) is 2.85. The second-order valence-corrected chi connectivity index (χ2v) is 7.36. The van der Waals surface area contributed by atoms with Gasteiger partial charge in [-0.1, -0.05) is 72.0 Å². The van der Waals surface area contributed by atoms with Crippen LogP contribution in [0.3, 0.4) is 0 Å². The Balaban J connectivity index is 1.94. The maximum absolute atomic E-state index is 14.0. The molecule has 0 bridgehead atoms. The number of rotatable bonds is 3. The molecule has 0 radical (unpaired) electrons. The van der Waals surface area contributed by atoms with E-state index in [1.54, 1.807) is 11.0 Å². The van der Waals surface area contributed by atoms with Crippen molar-refractivity contribution in [3.8, 4) is 0 Å². The summed E-state index contributed by atoms with van der Waals surface area (Å²) in [5.74, 6) is -0.704. The molecule has 1 aliphatic heterocycles. The fraction of sp³-hybridized carbons (Fsp3) is 0.111. The van der Waals surface area contributed by atoms with Gasteiger partial charge in [-0.2, -0.15) is 0 Å². The maximum atomic E-state index is 14.0. The fourth-order valence-electron chi connectivity index (χ4n) is 2.47. The lowest BCUT2D eigenvalue weighted by Crippen LogP contribution is -2.30. The third-order valence-corrected chi connectivity index (χ3v) is 5.43. The van der Waals surface area contributed by atoms with Gasteiger partial charge < -0.3 is 0 Å². The van der Waals surface area contributed by atoms with Crippen molar-refractivity contribution in [3.63, 3.8) is 0 Å². The molecule has 0 spiro atoms. The zero-order chi connectivity index (χ0) is 17.3. The van der Waals surface area contributed by atoms with Gasteiger partial charge in [0.1, 0.15) is 10.1 Å². The summed E-state index contributed by atoms with van der Waals surface area (Å²) in [6.45, 7) is 1.92. The maximum Gasteiger partial charge on any atom is 0.266 e. The third-order valence-electron chi connectivity index (χ3n) is 3.77. The van der Waals surface area contributed by atoms with E-state index in [0.29, 0.717) is 9.23 Å². The zero-order valence-corrected chi connectivity index (χ0v) is 15.1. The van der Waals surface area contributed by atoms with Crippen molar-refractivity contribution in [2.24, 2.45) is 0 Å². The number of benzene rings is 2. The van der Waals surface area contributed by atoms with Crippen LogP contribution >= 0.6 is 35.6 Å². The largest absolute Gasteiger partial charge is 0.286 e. The topological polar surface area (TPSA) is 20.3 Å². The molecule has 1 amide bonds. The number of hydrogen-bond acceptors (Lipinski definition) is 3. The Morgan fingerprint density at radius 3 is 2.58 bits per heavy atom. The monoisotopic (exact) mass is 377 g/mol. The quantitative estimate of drug-likeness (QED) is 0.524. The Bertz CT molecular complexity index is 818. The van der Waals surface area contributed by atoms with E-state index in [9.17, 15) is 9.18 Å². The molecule has 24 heavy (non-hydrogen) atoms. The van der Waals surface area contributed by atoms with Crippen LogP contribution in [0.15, 0.2) is 53.4 Å². The predicted molar refractivity (Wildman–Crippen MR) is 101 cm³/mol. The molecule has 3 rings (SSSR count). The van der Waals surface area contributed by atoms with Gasteiger partial charge in [-0.25, -0.2) is 4.39 Å². The van der Waals surface area contributed by atoms with Gasteiger partial charge >= 0.3 is 0 Å². The Morgan fingerprint density at radius 1 is 1.21 bits per heavy atom. The van der Waals surface area contributed by atoms with Crippen molar-refractivity contribution >= 4 is 51.9 Å². The number of carbonyl (C=O) groups is 1. The fourth-order valence-corrected chi connectivity index (χ4v) is 4.09. The van der Waals surface area contributed by atoms with Crippen molar-refractivity contribution in [2.45, 2.75) is 13.0 Å². The van der Waals surface area contributed by atoms with Crippen LogP contribution in [-0.2, 0) is 4.79 Å². The molecule has 0 N–H and O–H groups in total. The lowest BCUT2D eigenvalue weighted by atomic mass is 10.1. The van der Waals surface area contributed by atoms with Crippen LogP contribution in [0.2, 0.25) is 5.02 Å². The highest BCUT2D eigenvalue weighted by Crippen LogP contribution is 2.38. The Labute approximate surface area is 154 Å². The third kappa shape index (κ3) is 3.24. The minimum atomic E-state index is -0.469. The van der Waals surface area contributed by atoms with Crippen molar-refractivity contribution in [3.05, 3.63) is 75.4 Å². The van der Waals surface area contributed by atoms with E-state index < -0.39 is 5.82 Å². The number of amides is 1. The molecule has 1 heterocycles. The smallest absolute Gasteiger partial charge is 0.266 e. The van der Waals surface area contributed by atoms with E-state index in [2.05, 4.69) is 0 Å². The van der Waals surface area contributed by atoms with Crippen molar-refractivity contribution in [2.75, 3.05) is 0 Å². The number of nitrogens with zero attached hydrogens (tertiary/aromatic N) is 1. The average molecular weight is 378 g/mol. The summed E-state index contributed by atoms with van der Waals surface area (Å²) < 4.78 is 14.4. The molecule has 6 heteroatoms. The van der Waals surface area contributed by atoms with Gasteiger partial charge in [0, 0.05) is 5.56 Å². The van der Waals surface area contributed by atoms with Gasteiger partial charge in [0.25, 0.3) is 5.91 Å². The van der Waals surface area contributed by atoms with Crippen LogP contribution in [0.4, 0.5) is 4.39 Å². The molecule has 1 saturated heterocycles. The molecule has 122 valence electrons. The van der Waals surface area contributed by atoms with Crippen LogP contribution in [0.25, 0.3) is 6.08 Å². The van der Waals surface area contributed by atoms with E-state index in [1.807, 2.05) is 37.3 Å². The van der Waals surface area contributed by atoms with E-state index in [1.165, 1.54) is 18.2 Å². The highest BCUT2D eigenvalue weighted by Gasteiger charge is 2.36. The van der Waals surface area contributed by atoms with Crippen LogP contribution in [-0.4, -0.2) is 15.1 Å². The highest BCUT2D eigenvalue weighted by molar-refractivity contribution is 8.26. The Kier molecular flexibility index (Phi) is 5.04. The second kappa shape index (κ2) is 7.05. The number of thiocarbonyl (C=S) groups is 1. The molecule has 2 nitrogen and oxygen atoms in total. The summed E-state index contributed by atoms with van der Waals surface area (Å²) in [4.78, 5) is 14.7. The first-order valence-corrected chi connectivity index (χ1v) is 8.85. The lowest BCUT2D eigenvalue weighted by molar-refractivity contribution is -0.123. The Morgan fingerprint density at radius 2 is 1.92 bits per heavy atom. The van der Waals surface area contributed by atoms with Gasteiger partial charge in [0.15, 0.2) is 0 Å². The van der Waals surface area contributed by atoms with Crippen LogP contribution in [0, 0.1) is 5.82 Å². The van der Waals surface area contributed by atoms with Crippen molar-refractivity contribution in [1.29, 1.82) is 0 Å². The van der Waals surface area contributed by atoms with E-state index in [0.717, 1.165) is 17.3 Å². The summed E-state index contributed by atoms with van der Waals surface area (Å²) in [7, 11) is 0. The summed E-state index contributed by atoms with van der Waals surface area (Å²) in [6.07, 6.45) is 1.47. The van der Waals surface area contributed by atoms with E-state index in [4.69, 9.17) is 23.8 Å². The molecule has 2 aromatic rings.